The van der Waals surface area contributed by atoms with Crippen molar-refractivity contribution in [2.75, 3.05) is 31.3 Å². The number of aliphatic hydroxyl groups excluding tert-OH is 2. The van der Waals surface area contributed by atoms with Gasteiger partial charge < -0.3 is 40.8 Å². The average molecular weight is 686 g/mol. The molecule has 3 aliphatic rings. The number of aromatic nitrogens is 7. The monoisotopic (exact) mass is 686 g/mol. The lowest BCUT2D eigenvalue weighted by atomic mass is 9.91. The van der Waals surface area contributed by atoms with Gasteiger partial charge in [-0.05, 0) is 6.07 Å². The number of pyridine rings is 1. The third kappa shape index (κ3) is 5.08. The Hall–Kier alpha value is -3.50. The molecule has 22 nitrogen and oxygen atoms in total. The molecule has 9 N–H and O–H groups in total. The number of aromatic amines is 1. The average Bonchev–Trinajstić information content (AvgIpc) is 3.72. The molecule has 0 aliphatic carbocycles. The van der Waals surface area contributed by atoms with E-state index in [0.29, 0.717) is 11.2 Å². The molecule has 4 aromatic heterocycles. The predicted octanol–water partition coefficient (Wildman–Crippen LogP) is -1.82. The standard InChI is InChI=1S/C22H25N9O13P2/c23-8-1-2-25-16-10(8)26-6-30(16)19-12(33)13(43-45(35)36)9(41-19)3-40-46(37,38)44-14-15-22(4-32,5-39-15)42-20(14)31-7-27-11-17(31)28-21(24)29-18(11)34/h1-2,6-7,9,12-15,19-20,32-33H,3-5H2,(H6-,23,24,25,28,29,34,35,36,37,38)/p+1/t9-,12?,13+,14?,15-,19-,20-,22+/m1/s1. The fraction of sp³-hybridized carbons (Fsp3) is 0.500. The Kier molecular flexibility index (Phi) is 7.67. The van der Waals surface area contributed by atoms with Crippen molar-refractivity contribution in [3.8, 4) is 0 Å². The van der Waals surface area contributed by atoms with Crippen LogP contribution in [-0.4, -0.2) is 110 Å². The van der Waals surface area contributed by atoms with E-state index < -0.39 is 83.4 Å². The minimum Gasteiger partial charge on any atom is -0.397 e. The maximum Gasteiger partial charge on any atom is 0.695 e. The minimum atomic E-state index is -5.08. The van der Waals surface area contributed by atoms with Gasteiger partial charge in [-0.3, -0.25) is 28.0 Å². The van der Waals surface area contributed by atoms with Gasteiger partial charge in [0.1, 0.15) is 35.5 Å². The van der Waals surface area contributed by atoms with E-state index in [9.17, 15) is 33.9 Å². The topological polar surface area (TPSA) is 317 Å². The number of phosphoric ester groups is 1. The molecule has 0 bridgehead atoms. The quantitative estimate of drug-likeness (QED) is 0.0903. The number of rotatable bonds is 10. The van der Waals surface area contributed by atoms with Gasteiger partial charge in [-0.15, -0.1) is 9.42 Å². The number of H-pyrrole nitrogens is 1. The van der Waals surface area contributed by atoms with Crippen LogP contribution in [0.4, 0.5) is 11.6 Å². The van der Waals surface area contributed by atoms with Crippen molar-refractivity contribution >= 4 is 50.0 Å². The number of hydrogen-bond acceptors (Lipinski definition) is 17. The summed E-state index contributed by atoms with van der Waals surface area (Å²) in [5.41, 5.74) is 10.3. The number of nitrogens with one attached hydrogen (secondary N) is 1. The first-order valence-corrected chi connectivity index (χ1v) is 16.1. The molecule has 0 saturated carbocycles. The Morgan fingerprint density at radius 3 is 2.59 bits per heavy atom. The smallest absolute Gasteiger partial charge is 0.397 e. The Balaban J connectivity index is 1.13. The van der Waals surface area contributed by atoms with Gasteiger partial charge >= 0.3 is 16.1 Å². The molecule has 246 valence electrons. The van der Waals surface area contributed by atoms with Crippen molar-refractivity contribution in [3.63, 3.8) is 0 Å². The highest BCUT2D eigenvalue weighted by molar-refractivity contribution is 7.47. The molecule has 3 saturated heterocycles. The number of hydrogen-bond donors (Lipinski definition) is 7. The SMILES string of the molecule is Nc1nc2c(ncn2[C@@H]2O[C@@]3(CO)CO[C@@H]3C2OP(=O)(O)OC[C@H]2O[C@@H](n3cnc4c(N)ccnc43)C(O)[C@H]2O[P+](=O)O)c(=O)[nH]1. The molecule has 7 heterocycles. The summed E-state index contributed by atoms with van der Waals surface area (Å²) in [5, 5.41) is 21.1. The van der Waals surface area contributed by atoms with Gasteiger partial charge in [0.25, 0.3) is 5.56 Å². The summed E-state index contributed by atoms with van der Waals surface area (Å²) >= 11 is 0. The van der Waals surface area contributed by atoms with Crippen molar-refractivity contribution in [1.82, 2.24) is 34.1 Å². The van der Waals surface area contributed by atoms with E-state index in [-0.39, 0.29) is 29.4 Å². The Morgan fingerprint density at radius 1 is 1.15 bits per heavy atom. The van der Waals surface area contributed by atoms with Gasteiger partial charge in [0.15, 0.2) is 35.4 Å². The summed E-state index contributed by atoms with van der Waals surface area (Å²) in [4.78, 5) is 51.3. The van der Waals surface area contributed by atoms with Crippen LogP contribution in [0.5, 0.6) is 0 Å². The molecule has 4 unspecified atom stereocenters. The van der Waals surface area contributed by atoms with Crippen LogP contribution in [-0.2, 0) is 36.9 Å². The van der Waals surface area contributed by atoms with Gasteiger partial charge in [0.05, 0.1) is 38.2 Å². The van der Waals surface area contributed by atoms with Crippen LogP contribution in [0.25, 0.3) is 22.3 Å². The number of nitrogens with two attached hydrogens (primary N) is 2. The number of ether oxygens (including phenoxy) is 3. The summed E-state index contributed by atoms with van der Waals surface area (Å²) in [7, 11) is -8.34. The van der Waals surface area contributed by atoms with Gasteiger partial charge in [0.2, 0.25) is 5.95 Å². The highest BCUT2D eigenvalue weighted by Crippen LogP contribution is 2.55. The molecule has 0 amide bonds. The van der Waals surface area contributed by atoms with E-state index in [1.54, 1.807) is 0 Å². The third-order valence-electron chi connectivity index (χ3n) is 7.90. The second-order valence-corrected chi connectivity index (χ2v) is 12.8. The van der Waals surface area contributed by atoms with Gasteiger partial charge in [0, 0.05) is 10.8 Å². The maximum atomic E-state index is 13.3. The first-order valence-electron chi connectivity index (χ1n) is 13.4. The number of phosphoric acid groups is 1. The second kappa shape index (κ2) is 11.3. The molecule has 24 heteroatoms. The molecule has 7 rings (SSSR count). The molecule has 4 aromatic rings. The number of nitrogen functional groups attached to an aromatic ring is 2. The van der Waals surface area contributed by atoms with Crippen molar-refractivity contribution in [2.24, 2.45) is 0 Å². The number of fused-ring (bicyclic) bond motifs is 3. The molecule has 0 spiro atoms. The highest BCUT2D eigenvalue weighted by atomic mass is 31.2. The number of imidazole rings is 2. The summed E-state index contributed by atoms with van der Waals surface area (Å²) in [6.07, 6.45) is -5.73. The fourth-order valence-corrected chi connectivity index (χ4v) is 7.14. The van der Waals surface area contributed by atoms with Crippen LogP contribution in [0.2, 0.25) is 0 Å². The Bertz CT molecular complexity index is 1930. The molecule has 3 fully saturated rings. The molecule has 3 aliphatic heterocycles. The van der Waals surface area contributed by atoms with E-state index in [4.69, 9.17) is 39.2 Å². The zero-order valence-electron chi connectivity index (χ0n) is 23.2. The van der Waals surface area contributed by atoms with Gasteiger partial charge in [-0.2, -0.15) is 4.98 Å². The predicted molar refractivity (Wildman–Crippen MR) is 149 cm³/mol. The van der Waals surface area contributed by atoms with Crippen molar-refractivity contribution in [3.05, 3.63) is 35.3 Å². The van der Waals surface area contributed by atoms with Crippen LogP contribution >= 0.6 is 16.1 Å². The van der Waals surface area contributed by atoms with Crippen LogP contribution in [0.1, 0.15) is 12.5 Å². The number of anilines is 2. The fourth-order valence-electron chi connectivity index (χ4n) is 5.75. The summed E-state index contributed by atoms with van der Waals surface area (Å²) in [6.45, 7) is -1.42. The maximum absolute atomic E-state index is 13.3. The first-order chi connectivity index (χ1) is 21.9. The van der Waals surface area contributed by atoms with Gasteiger partial charge in [-0.25, -0.2) is 19.5 Å². The zero-order chi connectivity index (χ0) is 32.5. The molecule has 0 radical (unpaired) electrons. The summed E-state index contributed by atoms with van der Waals surface area (Å²) < 4.78 is 60.6. The zero-order valence-corrected chi connectivity index (χ0v) is 25.0. The second-order valence-electron chi connectivity index (χ2n) is 10.7. The van der Waals surface area contributed by atoms with Crippen LogP contribution in [0.3, 0.4) is 0 Å². The van der Waals surface area contributed by atoms with Gasteiger partial charge in [-0.1, -0.05) is 0 Å². The molecule has 46 heavy (non-hydrogen) atoms. The minimum absolute atomic E-state index is 0.0382. The van der Waals surface area contributed by atoms with Crippen molar-refractivity contribution in [1.29, 1.82) is 0 Å². The van der Waals surface area contributed by atoms with E-state index in [1.807, 2.05) is 0 Å². The summed E-state index contributed by atoms with van der Waals surface area (Å²) in [5.74, 6) is -0.233. The van der Waals surface area contributed by atoms with Crippen molar-refractivity contribution < 1.29 is 56.9 Å². The first kappa shape index (κ1) is 31.1. The highest BCUT2D eigenvalue weighted by Gasteiger charge is 2.65. The lowest BCUT2D eigenvalue weighted by Gasteiger charge is -2.42. The van der Waals surface area contributed by atoms with Crippen LogP contribution in [0, 0.1) is 0 Å². The van der Waals surface area contributed by atoms with E-state index in [1.165, 1.54) is 34.1 Å². The molecule has 0 aromatic carbocycles. The summed E-state index contributed by atoms with van der Waals surface area (Å²) in [6, 6.07) is 1.52. The third-order valence-corrected chi connectivity index (χ3v) is 9.31. The lowest BCUT2D eigenvalue weighted by molar-refractivity contribution is -0.245. The Labute approximate surface area is 256 Å². The van der Waals surface area contributed by atoms with E-state index >= 15 is 0 Å². The normalized spacial score (nSPS) is 32.4. The van der Waals surface area contributed by atoms with Crippen LogP contribution in [0.15, 0.2) is 29.7 Å². The van der Waals surface area contributed by atoms with E-state index in [0.717, 1.165) is 0 Å². The lowest BCUT2D eigenvalue weighted by Crippen LogP contribution is -2.61. The van der Waals surface area contributed by atoms with Crippen molar-refractivity contribution in [2.45, 2.75) is 48.6 Å². The molecule has 10 atom stereocenters. The molecular formula is C22H26N9O13P2+. The largest absolute Gasteiger partial charge is 0.695 e. The van der Waals surface area contributed by atoms with E-state index in [2.05, 4.69) is 24.9 Å². The number of nitrogens with zero attached hydrogens (tertiary/aromatic N) is 6. The molecular weight excluding hydrogens is 660 g/mol. The number of aliphatic hydroxyl groups is 2. The Morgan fingerprint density at radius 2 is 1.89 bits per heavy atom. The van der Waals surface area contributed by atoms with Crippen LogP contribution < -0.4 is 17.0 Å².